The van der Waals surface area contributed by atoms with Crippen LogP contribution in [-0.2, 0) is 32.6 Å². The second-order valence-corrected chi connectivity index (χ2v) is 13.0. The number of carbonyl (C=O) groups excluding carboxylic acids is 2. The summed E-state index contributed by atoms with van der Waals surface area (Å²) in [5.74, 6) is -0.848. The van der Waals surface area contributed by atoms with Crippen molar-refractivity contribution in [3.63, 3.8) is 0 Å². The third-order valence-electron chi connectivity index (χ3n) is 6.98. The topological polar surface area (TPSA) is 86.8 Å². The number of carbonyl (C=O) groups is 2. The first-order chi connectivity index (χ1) is 19.3. The number of hydrogen-bond donors (Lipinski definition) is 1. The summed E-state index contributed by atoms with van der Waals surface area (Å²) in [4.78, 5) is 29.4. The highest BCUT2D eigenvalue weighted by molar-refractivity contribution is 7.92. The van der Waals surface area contributed by atoms with Crippen molar-refractivity contribution < 1.29 is 18.0 Å². The zero-order chi connectivity index (χ0) is 30.3. The maximum absolute atomic E-state index is 14.2. The molecule has 220 valence electrons. The highest BCUT2D eigenvalue weighted by Gasteiger charge is 2.34. The molecule has 7 nitrogen and oxygen atoms in total. The standard InChI is InChI=1S/C31H37Cl2N3O4S/c1-6-23(4)34-31(38)28(18-24-13-8-7-9-14-24)35(19-25-15-16-26(32)27(33)17-25)29(37)20-36(41(5,39)40)30-21(2)11-10-12-22(30)3/h7-17,23,28H,6,18-20H2,1-5H3,(H,34,38)/t23-,28-/m0/s1. The highest BCUT2D eigenvalue weighted by atomic mass is 35.5. The van der Waals surface area contributed by atoms with Crippen molar-refractivity contribution in [1.29, 1.82) is 0 Å². The highest BCUT2D eigenvalue weighted by Crippen LogP contribution is 2.28. The van der Waals surface area contributed by atoms with Gasteiger partial charge in [-0.25, -0.2) is 8.42 Å². The molecule has 0 bridgehead atoms. The predicted octanol–water partition coefficient (Wildman–Crippen LogP) is 5.93. The molecular formula is C31H37Cl2N3O4S. The molecule has 1 N–H and O–H groups in total. The van der Waals surface area contributed by atoms with Crippen LogP contribution in [0.15, 0.2) is 66.7 Å². The molecule has 0 heterocycles. The Balaban J connectivity index is 2.12. The second kappa shape index (κ2) is 14.2. The van der Waals surface area contributed by atoms with Crippen molar-refractivity contribution >= 4 is 50.7 Å². The number of halogens is 2. The van der Waals surface area contributed by atoms with E-state index in [1.807, 2.05) is 50.2 Å². The van der Waals surface area contributed by atoms with Crippen molar-refractivity contribution in [3.8, 4) is 0 Å². The predicted molar refractivity (Wildman–Crippen MR) is 167 cm³/mol. The average molecular weight is 619 g/mol. The van der Waals surface area contributed by atoms with Gasteiger partial charge in [0.15, 0.2) is 0 Å². The normalized spacial score (nSPS) is 12.9. The van der Waals surface area contributed by atoms with Gasteiger partial charge in [0.25, 0.3) is 0 Å². The number of rotatable bonds is 12. The van der Waals surface area contributed by atoms with Crippen LogP contribution in [0.1, 0.15) is 42.5 Å². The summed E-state index contributed by atoms with van der Waals surface area (Å²) in [5, 5.41) is 3.69. The lowest BCUT2D eigenvalue weighted by Gasteiger charge is -2.34. The number of para-hydroxylation sites is 1. The minimum Gasteiger partial charge on any atom is -0.352 e. The fourth-order valence-corrected chi connectivity index (χ4v) is 5.89. The van der Waals surface area contributed by atoms with E-state index < -0.39 is 28.5 Å². The molecule has 0 radical (unpaired) electrons. The van der Waals surface area contributed by atoms with E-state index in [2.05, 4.69) is 5.32 Å². The van der Waals surface area contributed by atoms with Crippen LogP contribution >= 0.6 is 23.2 Å². The number of nitrogens with one attached hydrogen (secondary N) is 1. The molecule has 3 aromatic rings. The van der Waals surface area contributed by atoms with Crippen LogP contribution in [-0.4, -0.2) is 50.0 Å². The Morgan fingerprint density at radius 1 is 0.902 bits per heavy atom. The Bertz CT molecular complexity index is 1460. The van der Waals surface area contributed by atoms with Crippen LogP contribution in [0.3, 0.4) is 0 Å². The fraction of sp³-hybridized carbons (Fsp3) is 0.355. The van der Waals surface area contributed by atoms with Crippen molar-refractivity contribution in [2.24, 2.45) is 0 Å². The molecule has 0 aliphatic carbocycles. The second-order valence-electron chi connectivity index (χ2n) is 10.3. The Morgan fingerprint density at radius 2 is 1.54 bits per heavy atom. The van der Waals surface area contributed by atoms with Gasteiger partial charge in [0, 0.05) is 19.0 Å². The van der Waals surface area contributed by atoms with Crippen LogP contribution in [0, 0.1) is 13.8 Å². The third-order valence-corrected chi connectivity index (χ3v) is 8.83. The first-order valence-corrected chi connectivity index (χ1v) is 16.0. The van der Waals surface area contributed by atoms with Gasteiger partial charge in [-0.2, -0.15) is 0 Å². The van der Waals surface area contributed by atoms with Crippen molar-refractivity contribution in [3.05, 3.63) is 99.0 Å². The molecule has 0 aromatic heterocycles. The average Bonchev–Trinajstić information content (AvgIpc) is 2.91. The molecule has 41 heavy (non-hydrogen) atoms. The van der Waals surface area contributed by atoms with E-state index in [4.69, 9.17) is 23.2 Å². The summed E-state index contributed by atoms with van der Waals surface area (Å²) in [6.07, 6.45) is 2.02. The van der Waals surface area contributed by atoms with Crippen LogP contribution < -0.4 is 9.62 Å². The van der Waals surface area contributed by atoms with E-state index in [1.165, 1.54) is 4.90 Å². The zero-order valence-electron chi connectivity index (χ0n) is 24.0. The zero-order valence-corrected chi connectivity index (χ0v) is 26.4. The van der Waals surface area contributed by atoms with E-state index in [9.17, 15) is 18.0 Å². The third kappa shape index (κ3) is 8.71. The molecule has 0 aliphatic heterocycles. The minimum atomic E-state index is -3.86. The number of nitrogens with zero attached hydrogens (tertiary/aromatic N) is 2. The minimum absolute atomic E-state index is 0.0193. The van der Waals surface area contributed by atoms with Crippen LogP contribution in [0.4, 0.5) is 5.69 Å². The Kier molecular flexibility index (Phi) is 11.2. The number of hydrogen-bond acceptors (Lipinski definition) is 4. The van der Waals surface area contributed by atoms with Gasteiger partial charge >= 0.3 is 0 Å². The van der Waals surface area contributed by atoms with Crippen molar-refractivity contribution in [1.82, 2.24) is 10.2 Å². The first kappa shape index (κ1) is 32.4. The van der Waals surface area contributed by atoms with Gasteiger partial charge < -0.3 is 10.2 Å². The van der Waals surface area contributed by atoms with Gasteiger partial charge in [-0.15, -0.1) is 0 Å². The van der Waals surface area contributed by atoms with E-state index >= 15 is 0 Å². The molecule has 0 saturated carbocycles. The Morgan fingerprint density at radius 3 is 2.10 bits per heavy atom. The van der Waals surface area contributed by atoms with Gasteiger partial charge in [0.1, 0.15) is 12.6 Å². The van der Waals surface area contributed by atoms with Gasteiger partial charge in [-0.05, 0) is 61.6 Å². The number of benzene rings is 3. The number of anilines is 1. The van der Waals surface area contributed by atoms with Gasteiger partial charge in [0.05, 0.1) is 22.0 Å². The molecule has 0 spiro atoms. The van der Waals surface area contributed by atoms with Crippen molar-refractivity contribution in [2.75, 3.05) is 17.1 Å². The SMILES string of the molecule is CC[C@H](C)NC(=O)[C@H](Cc1ccccc1)N(Cc1ccc(Cl)c(Cl)c1)C(=O)CN(c1c(C)cccc1C)S(C)(=O)=O. The molecule has 0 fully saturated rings. The molecule has 3 aromatic carbocycles. The number of sulfonamides is 1. The fourth-order valence-electron chi connectivity index (χ4n) is 4.60. The molecule has 2 atom stereocenters. The maximum atomic E-state index is 14.2. The van der Waals surface area contributed by atoms with E-state index in [0.29, 0.717) is 27.7 Å². The Labute approximate surface area is 253 Å². The monoisotopic (exact) mass is 617 g/mol. The number of aryl methyl sites for hydroxylation is 2. The summed E-state index contributed by atoms with van der Waals surface area (Å²) >= 11 is 12.4. The van der Waals surface area contributed by atoms with E-state index in [1.54, 1.807) is 44.2 Å². The van der Waals surface area contributed by atoms with Crippen LogP contribution in [0.5, 0.6) is 0 Å². The van der Waals surface area contributed by atoms with Gasteiger partial charge in [-0.1, -0.05) is 84.7 Å². The summed E-state index contributed by atoms with van der Waals surface area (Å²) < 4.78 is 27.2. The Hall–Kier alpha value is -3.07. The molecule has 2 amide bonds. The summed E-state index contributed by atoms with van der Waals surface area (Å²) in [5.41, 5.74) is 3.39. The van der Waals surface area contributed by atoms with E-state index in [0.717, 1.165) is 27.3 Å². The lowest BCUT2D eigenvalue weighted by Crippen LogP contribution is -2.54. The van der Waals surface area contributed by atoms with Gasteiger partial charge in [-0.3, -0.25) is 13.9 Å². The molecule has 10 heteroatoms. The van der Waals surface area contributed by atoms with Gasteiger partial charge in [0.2, 0.25) is 21.8 Å². The lowest BCUT2D eigenvalue weighted by atomic mass is 10.0. The quantitative estimate of drug-likeness (QED) is 0.273. The summed E-state index contributed by atoms with van der Waals surface area (Å²) in [6, 6.07) is 18.8. The summed E-state index contributed by atoms with van der Waals surface area (Å²) in [6.45, 7) is 7.00. The molecular weight excluding hydrogens is 581 g/mol. The first-order valence-electron chi connectivity index (χ1n) is 13.4. The van der Waals surface area contributed by atoms with Crippen LogP contribution in [0.2, 0.25) is 10.0 Å². The number of amides is 2. The largest absolute Gasteiger partial charge is 0.352 e. The molecule has 3 rings (SSSR count). The molecule has 0 unspecified atom stereocenters. The molecule has 0 aliphatic rings. The summed E-state index contributed by atoms with van der Waals surface area (Å²) in [7, 11) is -3.86. The van der Waals surface area contributed by atoms with E-state index in [-0.39, 0.29) is 24.9 Å². The lowest BCUT2D eigenvalue weighted by molar-refractivity contribution is -0.140. The smallest absolute Gasteiger partial charge is 0.244 e. The van der Waals surface area contributed by atoms with Crippen LogP contribution in [0.25, 0.3) is 0 Å². The van der Waals surface area contributed by atoms with Crippen molar-refractivity contribution in [2.45, 2.75) is 59.2 Å². The maximum Gasteiger partial charge on any atom is 0.244 e. The molecule has 0 saturated heterocycles.